The van der Waals surface area contributed by atoms with Crippen molar-refractivity contribution in [3.8, 4) is 17.6 Å². The molecule has 0 fully saturated rings. The first-order valence-corrected chi connectivity index (χ1v) is 8.38. The number of nitriles is 1. The summed E-state index contributed by atoms with van der Waals surface area (Å²) >= 11 is 6.29. The van der Waals surface area contributed by atoms with Crippen LogP contribution in [0.1, 0.15) is 36.2 Å². The van der Waals surface area contributed by atoms with Crippen LogP contribution in [0.5, 0.6) is 11.5 Å². The topological polar surface area (TPSA) is 76.6 Å². The van der Waals surface area contributed by atoms with Crippen LogP contribution < -0.4 is 15.0 Å². The van der Waals surface area contributed by atoms with E-state index in [0.717, 1.165) is 0 Å². The lowest BCUT2D eigenvalue weighted by Gasteiger charge is -2.15. The van der Waals surface area contributed by atoms with Gasteiger partial charge in [0, 0.05) is 5.69 Å². The number of pyridine rings is 1. The summed E-state index contributed by atoms with van der Waals surface area (Å²) in [6.45, 7) is 7.26. The normalized spacial score (nSPS) is 11.0. The third-order valence-electron chi connectivity index (χ3n) is 3.60. The van der Waals surface area contributed by atoms with E-state index in [9.17, 15) is 4.79 Å². The zero-order chi connectivity index (χ0) is 19.4. The van der Waals surface area contributed by atoms with Crippen LogP contribution in [0, 0.1) is 25.2 Å². The van der Waals surface area contributed by atoms with E-state index in [0.29, 0.717) is 33.3 Å². The van der Waals surface area contributed by atoms with Gasteiger partial charge < -0.3 is 9.47 Å². The van der Waals surface area contributed by atoms with Crippen molar-refractivity contribution in [3.63, 3.8) is 0 Å². The summed E-state index contributed by atoms with van der Waals surface area (Å²) in [5.41, 5.74) is 1.50. The van der Waals surface area contributed by atoms with Crippen LogP contribution >= 0.6 is 11.6 Å². The van der Waals surface area contributed by atoms with E-state index in [-0.39, 0.29) is 11.7 Å². The van der Waals surface area contributed by atoms with Gasteiger partial charge in [0.25, 0.3) is 5.56 Å². The Hall–Kier alpha value is -2.78. The highest BCUT2D eigenvalue weighted by Crippen LogP contribution is 2.36. The van der Waals surface area contributed by atoms with Crippen molar-refractivity contribution in [2.24, 2.45) is 5.10 Å². The Kier molecular flexibility index (Phi) is 6.06. The Balaban J connectivity index is 2.48. The maximum atomic E-state index is 12.4. The molecule has 0 saturated carbocycles. The second kappa shape index (κ2) is 8.07. The molecule has 7 heteroatoms. The first-order chi connectivity index (χ1) is 12.3. The average molecular weight is 374 g/mol. The smallest absolute Gasteiger partial charge is 0.289 e. The minimum atomic E-state index is -0.459. The van der Waals surface area contributed by atoms with Crippen molar-refractivity contribution in [2.75, 3.05) is 7.11 Å². The van der Waals surface area contributed by atoms with Crippen LogP contribution in [0.2, 0.25) is 5.02 Å². The van der Waals surface area contributed by atoms with E-state index in [1.165, 1.54) is 18.0 Å². The molecule has 1 aromatic heterocycles. The number of rotatable bonds is 5. The summed E-state index contributed by atoms with van der Waals surface area (Å²) in [6, 6.07) is 7.04. The molecular weight excluding hydrogens is 354 g/mol. The number of nitrogens with zero attached hydrogens (tertiary/aromatic N) is 3. The maximum absolute atomic E-state index is 12.4. The Morgan fingerprint density at radius 1 is 1.31 bits per heavy atom. The standard InChI is InChI=1S/C19H20ClN3O3/c1-11(2)26-18-16(20)7-14(8-17(18)25-5)10-22-23-13(4)6-12(3)15(9-21)19(23)24/h6-8,10-11H,1-5H3. The van der Waals surface area contributed by atoms with E-state index in [2.05, 4.69) is 5.10 Å². The molecule has 0 aliphatic carbocycles. The Morgan fingerprint density at radius 3 is 2.58 bits per heavy atom. The van der Waals surface area contributed by atoms with Gasteiger partial charge in [0.15, 0.2) is 11.5 Å². The van der Waals surface area contributed by atoms with Crippen LogP contribution in [0.15, 0.2) is 28.1 Å². The predicted molar refractivity (Wildman–Crippen MR) is 102 cm³/mol. The lowest BCUT2D eigenvalue weighted by Crippen LogP contribution is -2.22. The van der Waals surface area contributed by atoms with Crippen molar-refractivity contribution in [3.05, 3.63) is 56.0 Å². The van der Waals surface area contributed by atoms with Gasteiger partial charge in [0.05, 0.1) is 24.5 Å². The second-order valence-electron chi connectivity index (χ2n) is 6.02. The van der Waals surface area contributed by atoms with Crippen molar-refractivity contribution >= 4 is 17.8 Å². The van der Waals surface area contributed by atoms with Crippen molar-refractivity contribution in [1.29, 1.82) is 5.26 Å². The van der Waals surface area contributed by atoms with Gasteiger partial charge in [-0.3, -0.25) is 4.79 Å². The highest BCUT2D eigenvalue weighted by Gasteiger charge is 2.13. The quantitative estimate of drug-likeness (QED) is 0.749. The van der Waals surface area contributed by atoms with E-state index in [1.54, 1.807) is 32.0 Å². The lowest BCUT2D eigenvalue weighted by atomic mass is 10.1. The fraction of sp³-hybridized carbons (Fsp3) is 0.316. The average Bonchev–Trinajstić information content (AvgIpc) is 2.56. The Morgan fingerprint density at radius 2 is 2.00 bits per heavy atom. The molecule has 0 unspecified atom stereocenters. The van der Waals surface area contributed by atoms with Gasteiger partial charge in [-0.05, 0) is 57.0 Å². The van der Waals surface area contributed by atoms with Crippen LogP contribution in [0.4, 0.5) is 0 Å². The number of hydrogen-bond donors (Lipinski definition) is 0. The summed E-state index contributed by atoms with van der Waals surface area (Å²) < 4.78 is 12.2. The molecule has 26 heavy (non-hydrogen) atoms. The molecule has 0 saturated heterocycles. The molecule has 6 nitrogen and oxygen atoms in total. The van der Waals surface area contributed by atoms with Crippen molar-refractivity contribution in [2.45, 2.75) is 33.8 Å². The highest BCUT2D eigenvalue weighted by atomic mass is 35.5. The number of halogens is 1. The molecule has 0 radical (unpaired) electrons. The molecule has 0 amide bonds. The van der Waals surface area contributed by atoms with Crippen molar-refractivity contribution in [1.82, 2.24) is 4.68 Å². The van der Waals surface area contributed by atoms with Gasteiger partial charge in [-0.2, -0.15) is 10.4 Å². The molecule has 2 aromatic rings. The molecular formula is C19H20ClN3O3. The van der Waals surface area contributed by atoms with Gasteiger partial charge in [-0.15, -0.1) is 0 Å². The number of benzene rings is 1. The largest absolute Gasteiger partial charge is 0.493 e. The molecule has 136 valence electrons. The number of aryl methyl sites for hydroxylation is 2. The molecule has 0 spiro atoms. The van der Waals surface area contributed by atoms with Crippen molar-refractivity contribution < 1.29 is 9.47 Å². The van der Waals surface area contributed by atoms with E-state index in [4.69, 9.17) is 26.3 Å². The molecule has 0 N–H and O–H groups in total. The number of hydrogen-bond acceptors (Lipinski definition) is 5. The first kappa shape index (κ1) is 19.5. The Bertz CT molecular complexity index is 956. The summed E-state index contributed by atoms with van der Waals surface area (Å²) in [5, 5.41) is 13.7. The van der Waals surface area contributed by atoms with Crippen LogP contribution in [-0.4, -0.2) is 24.1 Å². The third kappa shape index (κ3) is 4.06. The van der Waals surface area contributed by atoms with Crippen LogP contribution in [0.3, 0.4) is 0 Å². The van der Waals surface area contributed by atoms with Crippen LogP contribution in [0.25, 0.3) is 0 Å². The summed E-state index contributed by atoms with van der Waals surface area (Å²) in [5.74, 6) is 0.926. The number of aromatic nitrogens is 1. The van der Waals surface area contributed by atoms with Gasteiger partial charge in [-0.25, -0.2) is 4.68 Å². The first-order valence-electron chi connectivity index (χ1n) is 8.00. The minimum absolute atomic E-state index is 0.0564. The maximum Gasteiger partial charge on any atom is 0.289 e. The SMILES string of the molecule is COc1cc(C=Nn2c(C)cc(C)c(C#N)c2=O)cc(Cl)c1OC(C)C. The van der Waals surface area contributed by atoms with E-state index < -0.39 is 5.56 Å². The zero-order valence-corrected chi connectivity index (χ0v) is 16.1. The number of methoxy groups -OCH3 is 1. The minimum Gasteiger partial charge on any atom is -0.493 e. The molecule has 1 heterocycles. The van der Waals surface area contributed by atoms with Crippen LogP contribution in [-0.2, 0) is 0 Å². The monoisotopic (exact) mass is 373 g/mol. The summed E-state index contributed by atoms with van der Waals surface area (Å²) in [6.07, 6.45) is 1.43. The van der Waals surface area contributed by atoms with Gasteiger partial charge in [-0.1, -0.05) is 11.6 Å². The van der Waals surface area contributed by atoms with Gasteiger partial charge >= 0.3 is 0 Å². The van der Waals surface area contributed by atoms with Gasteiger partial charge in [0.2, 0.25) is 0 Å². The summed E-state index contributed by atoms with van der Waals surface area (Å²) in [7, 11) is 1.52. The zero-order valence-electron chi connectivity index (χ0n) is 15.3. The molecule has 0 atom stereocenters. The Labute approximate surface area is 157 Å². The van der Waals surface area contributed by atoms with Gasteiger partial charge in [0.1, 0.15) is 11.6 Å². The fourth-order valence-electron chi connectivity index (χ4n) is 2.45. The predicted octanol–water partition coefficient (Wildman–Crippen LogP) is 3.67. The fourth-order valence-corrected chi connectivity index (χ4v) is 2.71. The van der Waals surface area contributed by atoms with E-state index in [1.807, 2.05) is 19.9 Å². The molecule has 0 bridgehead atoms. The van der Waals surface area contributed by atoms with E-state index >= 15 is 0 Å². The second-order valence-corrected chi connectivity index (χ2v) is 6.42. The third-order valence-corrected chi connectivity index (χ3v) is 3.88. The molecule has 0 aliphatic heterocycles. The lowest BCUT2D eigenvalue weighted by molar-refractivity contribution is 0.230. The number of ether oxygens (including phenoxy) is 2. The molecule has 1 aromatic carbocycles. The molecule has 0 aliphatic rings. The molecule has 2 rings (SSSR count). The highest BCUT2D eigenvalue weighted by molar-refractivity contribution is 6.32. The summed E-state index contributed by atoms with van der Waals surface area (Å²) in [4.78, 5) is 12.4.